The minimum absolute atomic E-state index is 0.123. The van der Waals surface area contributed by atoms with E-state index in [-0.39, 0.29) is 35.8 Å². The highest BCUT2D eigenvalue weighted by molar-refractivity contribution is 7.93. The molecule has 1 aliphatic rings. The molecule has 0 spiro atoms. The molecule has 0 unspecified atom stereocenters. The van der Waals surface area contributed by atoms with Gasteiger partial charge in [0.25, 0.3) is 26.1 Å². The molecule has 1 aliphatic heterocycles. The zero-order valence-corrected chi connectivity index (χ0v) is 18.3. The lowest BCUT2D eigenvalue weighted by Gasteiger charge is -2.35. The van der Waals surface area contributed by atoms with Gasteiger partial charge in [0.2, 0.25) is 0 Å². The van der Waals surface area contributed by atoms with Gasteiger partial charge in [-0.2, -0.15) is 21.9 Å². The SMILES string of the molecule is CNS(=O)(=O)NC[C@H]1CN(S(=O)(=O)c2cn(C(F)F)nc2OCCO)c2ccccc2O1. The predicted molar refractivity (Wildman–Crippen MR) is 107 cm³/mol. The summed E-state index contributed by atoms with van der Waals surface area (Å²) in [5.41, 5.74) is 0.123. The molecule has 16 heteroatoms. The van der Waals surface area contributed by atoms with Gasteiger partial charge in [0.1, 0.15) is 18.5 Å². The summed E-state index contributed by atoms with van der Waals surface area (Å²) >= 11 is 0. The molecule has 12 nitrogen and oxygen atoms in total. The normalized spacial score (nSPS) is 16.7. The maximum absolute atomic E-state index is 13.5. The lowest BCUT2D eigenvalue weighted by molar-refractivity contribution is 0.0546. The molecule has 0 aliphatic carbocycles. The first-order valence-electron chi connectivity index (χ1n) is 9.16. The Hall–Kier alpha value is -2.53. The Kier molecular flexibility index (Phi) is 7.19. The third-order valence-corrected chi connectivity index (χ3v) is 7.18. The molecule has 1 aromatic carbocycles. The van der Waals surface area contributed by atoms with Gasteiger partial charge in [-0.25, -0.2) is 17.8 Å². The van der Waals surface area contributed by atoms with E-state index in [0.29, 0.717) is 6.20 Å². The van der Waals surface area contributed by atoms with Crippen LogP contribution in [0.5, 0.6) is 11.6 Å². The number of para-hydroxylation sites is 2. The second-order valence-corrected chi connectivity index (χ2v) is 9.96. The number of anilines is 1. The van der Waals surface area contributed by atoms with Crippen LogP contribution < -0.4 is 23.2 Å². The number of hydrogen-bond acceptors (Lipinski definition) is 8. The van der Waals surface area contributed by atoms with Crippen LogP contribution in [-0.4, -0.2) is 71.2 Å². The summed E-state index contributed by atoms with van der Waals surface area (Å²) in [6, 6.07) is 6.09. The Morgan fingerprint density at radius 1 is 1.31 bits per heavy atom. The van der Waals surface area contributed by atoms with Gasteiger partial charge in [-0.3, -0.25) is 4.31 Å². The second-order valence-electron chi connectivity index (χ2n) is 6.43. The molecule has 32 heavy (non-hydrogen) atoms. The number of ether oxygens (including phenoxy) is 2. The zero-order valence-electron chi connectivity index (χ0n) is 16.7. The van der Waals surface area contributed by atoms with Crippen LogP contribution in [0.4, 0.5) is 14.5 Å². The zero-order chi connectivity index (χ0) is 23.5. The van der Waals surface area contributed by atoms with Gasteiger partial charge < -0.3 is 14.6 Å². The van der Waals surface area contributed by atoms with Gasteiger partial charge in [-0.1, -0.05) is 12.1 Å². The predicted octanol–water partition coefficient (Wildman–Crippen LogP) is -0.341. The van der Waals surface area contributed by atoms with Crippen molar-refractivity contribution in [3.63, 3.8) is 0 Å². The Morgan fingerprint density at radius 3 is 2.69 bits per heavy atom. The highest BCUT2D eigenvalue weighted by Crippen LogP contribution is 2.38. The number of fused-ring (bicyclic) bond motifs is 1. The number of sulfonamides is 1. The number of rotatable bonds is 10. The molecular weight excluding hydrogens is 476 g/mol. The van der Waals surface area contributed by atoms with Gasteiger partial charge in [0.15, 0.2) is 4.90 Å². The summed E-state index contributed by atoms with van der Waals surface area (Å²) in [5, 5.41) is 12.4. The van der Waals surface area contributed by atoms with E-state index in [2.05, 4.69) is 14.5 Å². The molecule has 178 valence electrons. The molecule has 0 fully saturated rings. The first-order chi connectivity index (χ1) is 15.1. The van der Waals surface area contributed by atoms with E-state index >= 15 is 0 Å². The third kappa shape index (κ3) is 5.09. The van der Waals surface area contributed by atoms with Crippen molar-refractivity contribution in [2.45, 2.75) is 17.5 Å². The fourth-order valence-corrected chi connectivity index (χ4v) is 4.99. The Bertz CT molecular complexity index is 1160. The number of aliphatic hydroxyl groups is 1. The minimum atomic E-state index is -4.50. The van der Waals surface area contributed by atoms with Gasteiger partial charge in [-0.05, 0) is 12.1 Å². The van der Waals surface area contributed by atoms with Crippen LogP contribution in [0.3, 0.4) is 0 Å². The molecule has 3 N–H and O–H groups in total. The van der Waals surface area contributed by atoms with E-state index in [4.69, 9.17) is 14.6 Å². The van der Waals surface area contributed by atoms with Crippen molar-refractivity contribution in [2.75, 3.05) is 37.7 Å². The van der Waals surface area contributed by atoms with Crippen molar-refractivity contribution in [3.8, 4) is 11.6 Å². The third-order valence-electron chi connectivity index (χ3n) is 4.33. The number of nitrogens with one attached hydrogen (secondary N) is 2. The summed E-state index contributed by atoms with van der Waals surface area (Å²) < 4.78 is 92.6. The van der Waals surface area contributed by atoms with E-state index in [1.54, 1.807) is 12.1 Å². The van der Waals surface area contributed by atoms with Crippen LogP contribution in [0.15, 0.2) is 35.4 Å². The average molecular weight is 498 g/mol. The number of hydrogen-bond donors (Lipinski definition) is 3. The van der Waals surface area contributed by atoms with Gasteiger partial charge >= 0.3 is 6.55 Å². The van der Waals surface area contributed by atoms with Crippen LogP contribution in [0.2, 0.25) is 0 Å². The average Bonchev–Trinajstić information content (AvgIpc) is 3.21. The smallest absolute Gasteiger partial charge is 0.333 e. The van der Waals surface area contributed by atoms with Crippen LogP contribution in [-0.2, 0) is 20.2 Å². The quantitative estimate of drug-likeness (QED) is 0.403. The number of halogens is 2. The van der Waals surface area contributed by atoms with Crippen LogP contribution in [0, 0.1) is 0 Å². The van der Waals surface area contributed by atoms with E-state index in [1.807, 2.05) is 0 Å². The molecule has 0 bridgehead atoms. The second kappa shape index (κ2) is 9.53. The topological polar surface area (TPSA) is 152 Å². The Morgan fingerprint density at radius 2 is 2.03 bits per heavy atom. The van der Waals surface area contributed by atoms with Gasteiger partial charge in [0.05, 0.1) is 31.6 Å². The molecule has 1 atom stereocenters. The highest BCUT2D eigenvalue weighted by Gasteiger charge is 2.38. The molecule has 0 saturated heterocycles. The summed E-state index contributed by atoms with van der Waals surface area (Å²) in [5.74, 6) is -0.453. The number of alkyl halides is 2. The molecule has 0 saturated carbocycles. The summed E-state index contributed by atoms with van der Waals surface area (Å²) in [6.07, 6.45) is -0.307. The van der Waals surface area contributed by atoms with Crippen molar-refractivity contribution in [1.82, 2.24) is 19.2 Å². The maximum atomic E-state index is 13.5. The molecular formula is C16H21F2N5O7S2. The minimum Gasteiger partial charge on any atom is -0.485 e. The van der Waals surface area contributed by atoms with Crippen molar-refractivity contribution < 1.29 is 40.2 Å². The largest absolute Gasteiger partial charge is 0.485 e. The first-order valence-corrected chi connectivity index (χ1v) is 12.1. The van der Waals surface area contributed by atoms with Gasteiger partial charge in [0, 0.05) is 7.05 Å². The first kappa shape index (κ1) is 24.1. The summed E-state index contributed by atoms with van der Waals surface area (Å²) in [6.45, 7) is -4.58. The lowest BCUT2D eigenvalue weighted by atomic mass is 10.2. The number of benzene rings is 1. The highest BCUT2D eigenvalue weighted by atomic mass is 32.2. The number of nitrogens with zero attached hydrogens (tertiary/aromatic N) is 3. The van der Waals surface area contributed by atoms with Crippen LogP contribution >= 0.6 is 0 Å². The van der Waals surface area contributed by atoms with Gasteiger partial charge in [-0.15, -0.1) is 5.10 Å². The van der Waals surface area contributed by atoms with Crippen LogP contribution in [0.25, 0.3) is 0 Å². The summed E-state index contributed by atoms with van der Waals surface area (Å²) in [7, 11) is -7.12. The standard InChI is InChI=1S/C16H21F2N5O7S2/c1-19-32(27,28)20-8-11-9-23(12-4-2-3-5-13(12)30-11)31(25,26)14-10-22(16(17)18)21-15(14)29-7-6-24/h2-5,10-11,16,19-20,24H,6-9H2,1H3/t11-/m0/s1. The van der Waals surface area contributed by atoms with Crippen molar-refractivity contribution in [1.29, 1.82) is 0 Å². The maximum Gasteiger partial charge on any atom is 0.333 e. The lowest BCUT2D eigenvalue weighted by Crippen LogP contribution is -2.49. The fourth-order valence-electron chi connectivity index (χ4n) is 2.87. The summed E-state index contributed by atoms with van der Waals surface area (Å²) in [4.78, 5) is -0.641. The van der Waals surface area contributed by atoms with Crippen molar-refractivity contribution in [2.24, 2.45) is 0 Å². The van der Waals surface area contributed by atoms with Crippen molar-refractivity contribution >= 4 is 25.9 Å². The van der Waals surface area contributed by atoms with Crippen LogP contribution in [0.1, 0.15) is 6.55 Å². The Balaban J connectivity index is 2.00. The molecule has 3 rings (SSSR count). The number of aliphatic hydroxyl groups excluding tert-OH is 1. The van der Waals surface area contributed by atoms with E-state index in [0.717, 1.165) is 4.31 Å². The molecule has 2 heterocycles. The van der Waals surface area contributed by atoms with Crippen molar-refractivity contribution in [3.05, 3.63) is 30.5 Å². The number of aromatic nitrogens is 2. The van der Waals surface area contributed by atoms with E-state index in [9.17, 15) is 25.6 Å². The van der Waals surface area contributed by atoms with E-state index in [1.165, 1.54) is 19.2 Å². The molecule has 0 amide bonds. The monoisotopic (exact) mass is 497 g/mol. The molecule has 0 radical (unpaired) electrons. The fraction of sp³-hybridized carbons (Fsp3) is 0.438. The molecule has 2 aromatic rings. The molecule has 1 aromatic heterocycles. The van der Waals surface area contributed by atoms with E-state index < -0.39 is 50.3 Å². The Labute approximate surface area is 183 Å².